The van der Waals surface area contributed by atoms with Gasteiger partial charge in [-0.2, -0.15) is 0 Å². The predicted octanol–water partition coefficient (Wildman–Crippen LogP) is 8.44. The third kappa shape index (κ3) is 27.4. The van der Waals surface area contributed by atoms with E-state index >= 15 is 0 Å². The first kappa shape index (κ1) is 50.2. The van der Waals surface area contributed by atoms with E-state index < -0.39 is 55.4 Å². The predicted molar refractivity (Wildman–Crippen MR) is 219 cm³/mol. The largest absolute Gasteiger partial charge is 0.462 e. The molecule has 55 heavy (non-hydrogen) atoms. The van der Waals surface area contributed by atoms with Crippen LogP contribution in [0.25, 0.3) is 0 Å². The number of hydrogen-bond acceptors (Lipinski definition) is 10. The Morgan fingerprint density at radius 3 is 1.53 bits per heavy atom. The van der Waals surface area contributed by atoms with Gasteiger partial charge < -0.3 is 39.4 Å². The molecular weight excluding hydrogens is 700 g/mol. The van der Waals surface area contributed by atoms with E-state index in [9.17, 15) is 30.0 Å². The maximum atomic E-state index is 12.7. The Balaban J connectivity index is 2.39. The average Bonchev–Trinajstić information content (AvgIpc) is 3.18. The van der Waals surface area contributed by atoms with Gasteiger partial charge in [-0.15, -0.1) is 0 Å². The normalized spacial score (nSPS) is 21.3. The number of carbonyl (C=O) groups excluding carboxylic acids is 2. The number of unbranched alkanes of at least 4 members (excludes halogenated alkanes) is 10. The summed E-state index contributed by atoms with van der Waals surface area (Å²) >= 11 is 0. The summed E-state index contributed by atoms with van der Waals surface area (Å²) in [5.74, 6) is -0.855. The van der Waals surface area contributed by atoms with Crippen molar-refractivity contribution < 1.29 is 49.0 Å². The van der Waals surface area contributed by atoms with E-state index in [1.807, 2.05) is 0 Å². The lowest BCUT2D eigenvalue weighted by Gasteiger charge is -2.39. The first-order valence-electron chi connectivity index (χ1n) is 21.0. The molecule has 6 unspecified atom stereocenters. The van der Waals surface area contributed by atoms with Crippen molar-refractivity contribution in [2.24, 2.45) is 0 Å². The van der Waals surface area contributed by atoms with E-state index in [2.05, 4.69) is 86.8 Å². The van der Waals surface area contributed by atoms with Gasteiger partial charge in [0, 0.05) is 12.8 Å². The lowest BCUT2D eigenvalue weighted by Crippen LogP contribution is -2.59. The molecule has 0 aromatic heterocycles. The molecule has 0 amide bonds. The van der Waals surface area contributed by atoms with E-state index in [-0.39, 0.29) is 26.1 Å². The van der Waals surface area contributed by atoms with Gasteiger partial charge >= 0.3 is 11.9 Å². The van der Waals surface area contributed by atoms with Crippen LogP contribution in [-0.4, -0.2) is 89.0 Å². The molecule has 1 saturated heterocycles. The zero-order chi connectivity index (χ0) is 40.2. The lowest BCUT2D eigenvalue weighted by atomic mass is 9.99. The Kier molecular flexibility index (Phi) is 32.4. The van der Waals surface area contributed by atoms with Gasteiger partial charge in [-0.25, -0.2) is 0 Å². The second-order valence-electron chi connectivity index (χ2n) is 14.0. The molecule has 0 spiro atoms. The molecule has 314 valence electrons. The Hall–Kier alpha value is -2.86. The molecular formula is C45H74O10. The molecule has 1 fully saturated rings. The summed E-state index contributed by atoms with van der Waals surface area (Å²) < 4.78 is 22.1. The molecule has 0 aliphatic carbocycles. The molecule has 1 heterocycles. The van der Waals surface area contributed by atoms with Crippen LogP contribution in [0.5, 0.6) is 0 Å². The average molecular weight is 775 g/mol. The maximum absolute atomic E-state index is 12.7. The molecule has 0 radical (unpaired) electrons. The monoisotopic (exact) mass is 775 g/mol. The Labute approximate surface area is 332 Å². The second-order valence-corrected chi connectivity index (χ2v) is 14.0. The lowest BCUT2D eigenvalue weighted by molar-refractivity contribution is -0.305. The third-order valence-electron chi connectivity index (χ3n) is 9.09. The minimum atomic E-state index is -1.60. The van der Waals surface area contributed by atoms with Crippen molar-refractivity contribution in [3.63, 3.8) is 0 Å². The first-order valence-corrected chi connectivity index (χ1v) is 21.0. The fraction of sp³-hybridized carbons (Fsp3) is 0.689. The summed E-state index contributed by atoms with van der Waals surface area (Å²) in [7, 11) is 0. The summed E-state index contributed by atoms with van der Waals surface area (Å²) in [6.45, 7) is 3.14. The molecule has 0 bridgehead atoms. The molecule has 0 aromatic rings. The fourth-order valence-corrected chi connectivity index (χ4v) is 5.80. The highest BCUT2D eigenvalue weighted by Crippen LogP contribution is 2.22. The van der Waals surface area contributed by atoms with E-state index in [0.29, 0.717) is 12.8 Å². The quantitative estimate of drug-likeness (QED) is 0.0291. The number of allylic oxidation sites excluding steroid dienone is 12. The third-order valence-corrected chi connectivity index (χ3v) is 9.09. The Morgan fingerprint density at radius 2 is 1.02 bits per heavy atom. The van der Waals surface area contributed by atoms with Gasteiger partial charge in [0.25, 0.3) is 0 Å². The van der Waals surface area contributed by atoms with Gasteiger partial charge in [-0.1, -0.05) is 125 Å². The number of hydrogen-bond donors (Lipinski definition) is 4. The van der Waals surface area contributed by atoms with E-state index in [0.717, 1.165) is 103 Å². The molecule has 4 N–H and O–H groups in total. The van der Waals surface area contributed by atoms with E-state index in [1.54, 1.807) is 0 Å². The fourth-order valence-electron chi connectivity index (χ4n) is 5.80. The highest BCUT2D eigenvalue weighted by atomic mass is 16.7. The smallest absolute Gasteiger partial charge is 0.306 e. The molecule has 10 nitrogen and oxygen atoms in total. The highest BCUT2D eigenvalue weighted by molar-refractivity contribution is 5.70. The van der Waals surface area contributed by atoms with Gasteiger partial charge in [0.1, 0.15) is 31.0 Å². The summed E-state index contributed by atoms with van der Waals surface area (Å²) in [6.07, 6.45) is 36.2. The summed E-state index contributed by atoms with van der Waals surface area (Å²) in [5, 5.41) is 40.0. The minimum Gasteiger partial charge on any atom is -0.462 e. The van der Waals surface area contributed by atoms with Crippen LogP contribution < -0.4 is 0 Å². The zero-order valence-electron chi connectivity index (χ0n) is 33.9. The van der Waals surface area contributed by atoms with Gasteiger partial charge in [0.15, 0.2) is 12.4 Å². The number of rotatable bonds is 33. The summed E-state index contributed by atoms with van der Waals surface area (Å²) in [6, 6.07) is 0. The molecule has 6 atom stereocenters. The Bertz CT molecular complexity index is 1120. The minimum absolute atomic E-state index is 0.202. The van der Waals surface area contributed by atoms with E-state index in [4.69, 9.17) is 18.9 Å². The highest BCUT2D eigenvalue weighted by Gasteiger charge is 2.44. The maximum Gasteiger partial charge on any atom is 0.306 e. The number of aliphatic hydroxyl groups excluding tert-OH is 4. The van der Waals surface area contributed by atoms with Crippen LogP contribution in [0.15, 0.2) is 72.9 Å². The molecule has 1 rings (SSSR count). The number of carbonyl (C=O) groups is 2. The van der Waals surface area contributed by atoms with Gasteiger partial charge in [0.05, 0.1) is 13.2 Å². The zero-order valence-corrected chi connectivity index (χ0v) is 33.9. The van der Waals surface area contributed by atoms with Crippen LogP contribution in [0.4, 0.5) is 0 Å². The molecule has 1 aliphatic rings. The number of aliphatic hydroxyl groups is 4. The number of esters is 2. The van der Waals surface area contributed by atoms with Crippen molar-refractivity contribution in [1.29, 1.82) is 0 Å². The SMILES string of the molecule is CC/C=C\C/C=C\C/C=C\CCCCCCCC(=O)OCC(COC1OC(CO)C(O)C(O)C1O)OC(=O)CCCCCCC/C=C\C/C=C\C/C=C\CC. The molecule has 0 aromatic carbocycles. The van der Waals surface area contributed by atoms with Crippen LogP contribution in [-0.2, 0) is 28.5 Å². The van der Waals surface area contributed by atoms with Gasteiger partial charge in [-0.3, -0.25) is 9.59 Å². The van der Waals surface area contributed by atoms with Gasteiger partial charge in [0.2, 0.25) is 0 Å². The standard InChI is InChI=1S/C45H74O10/c1-3-5-7-9-11-13-15-17-19-21-23-25-27-29-31-33-40(47)52-36-38(37-53-45-44(51)43(50)42(49)39(35-46)55-45)54-41(48)34-32-30-28-26-24-22-20-18-16-14-12-10-8-6-4-2/h5-8,11-14,17-20,38-39,42-46,49-51H,3-4,9-10,15-16,21-37H2,1-2H3/b7-5-,8-6-,13-11-,14-12-,19-17-,20-18-. The first-order chi connectivity index (χ1) is 26.8. The van der Waals surface area contributed by atoms with Crippen molar-refractivity contribution in [2.45, 2.75) is 179 Å². The van der Waals surface area contributed by atoms with Crippen molar-refractivity contribution in [2.75, 3.05) is 19.8 Å². The van der Waals surface area contributed by atoms with Crippen LogP contribution in [0.2, 0.25) is 0 Å². The van der Waals surface area contributed by atoms with Crippen LogP contribution in [0.3, 0.4) is 0 Å². The molecule has 0 saturated carbocycles. The van der Waals surface area contributed by atoms with Crippen molar-refractivity contribution in [3.8, 4) is 0 Å². The van der Waals surface area contributed by atoms with Crippen molar-refractivity contribution in [3.05, 3.63) is 72.9 Å². The molecule has 1 aliphatic heterocycles. The van der Waals surface area contributed by atoms with Crippen LogP contribution in [0.1, 0.15) is 142 Å². The van der Waals surface area contributed by atoms with Crippen LogP contribution >= 0.6 is 0 Å². The van der Waals surface area contributed by atoms with Gasteiger partial charge in [-0.05, 0) is 77.0 Å². The van der Waals surface area contributed by atoms with Crippen LogP contribution in [0, 0.1) is 0 Å². The second kappa shape index (κ2) is 35.5. The van der Waals surface area contributed by atoms with E-state index in [1.165, 1.54) is 0 Å². The summed E-state index contributed by atoms with van der Waals surface area (Å²) in [5.41, 5.74) is 0. The number of ether oxygens (including phenoxy) is 4. The molecule has 10 heteroatoms. The van der Waals surface area contributed by atoms with Crippen molar-refractivity contribution >= 4 is 11.9 Å². The summed E-state index contributed by atoms with van der Waals surface area (Å²) in [4.78, 5) is 25.3. The topological polar surface area (TPSA) is 152 Å². The Morgan fingerprint density at radius 1 is 0.564 bits per heavy atom. The van der Waals surface area contributed by atoms with Crippen molar-refractivity contribution in [1.82, 2.24) is 0 Å².